The van der Waals surface area contributed by atoms with Gasteiger partial charge in [-0.2, -0.15) is 5.10 Å². The highest BCUT2D eigenvalue weighted by Gasteiger charge is 2.35. The van der Waals surface area contributed by atoms with E-state index in [1.807, 2.05) is 72.9 Å². The molecule has 2 amide bonds. The molecule has 1 fully saturated rings. The molecule has 0 atom stereocenters. The van der Waals surface area contributed by atoms with E-state index in [0.29, 0.717) is 37.0 Å². The summed E-state index contributed by atoms with van der Waals surface area (Å²) >= 11 is 0. The minimum atomic E-state index is -0.679. The highest BCUT2D eigenvalue weighted by atomic mass is 16.6. The first-order valence-electron chi connectivity index (χ1n) is 13.3. The van der Waals surface area contributed by atoms with E-state index in [1.165, 1.54) is 0 Å². The predicted octanol–water partition coefficient (Wildman–Crippen LogP) is 5.19. The third-order valence-electron chi connectivity index (χ3n) is 6.35. The Morgan fingerprint density at radius 3 is 2.28 bits per heavy atom. The van der Waals surface area contributed by atoms with E-state index in [2.05, 4.69) is 15.4 Å². The molecule has 0 radical (unpaired) electrons. The Balaban J connectivity index is 1.56. The molecule has 11 heteroatoms. The van der Waals surface area contributed by atoms with Gasteiger partial charge in [-0.25, -0.2) is 24.5 Å². The fourth-order valence-electron chi connectivity index (χ4n) is 4.72. The molecule has 0 unspecified atom stereocenters. The lowest BCUT2D eigenvalue weighted by Crippen LogP contribution is -2.49. The Morgan fingerprint density at radius 1 is 1.03 bits per heavy atom. The molecule has 1 aromatic carbocycles. The van der Waals surface area contributed by atoms with Crippen LogP contribution in [0.1, 0.15) is 67.2 Å². The monoisotopic (exact) mass is 537 g/mol. The van der Waals surface area contributed by atoms with E-state index in [9.17, 15) is 9.59 Å². The van der Waals surface area contributed by atoms with Gasteiger partial charge in [0, 0.05) is 42.3 Å². The number of ether oxygens (including phenoxy) is 2. The maximum absolute atomic E-state index is 13.4. The molecule has 2 heterocycles. The lowest BCUT2D eigenvalue weighted by atomic mass is 9.90. The van der Waals surface area contributed by atoms with Crippen molar-refractivity contribution >= 4 is 34.9 Å². The highest BCUT2D eigenvalue weighted by Crippen LogP contribution is 2.30. The van der Waals surface area contributed by atoms with Gasteiger partial charge in [0.15, 0.2) is 0 Å². The van der Waals surface area contributed by atoms with Crippen LogP contribution in [-0.2, 0) is 16.5 Å². The minimum absolute atomic E-state index is 0.0337. The Hall–Kier alpha value is -3.89. The lowest BCUT2D eigenvalue weighted by molar-refractivity contribution is 0.0474. The number of anilines is 2. The van der Waals surface area contributed by atoms with Gasteiger partial charge in [0.1, 0.15) is 17.0 Å². The predicted molar refractivity (Wildman–Crippen MR) is 150 cm³/mol. The average molecular weight is 538 g/mol. The zero-order valence-electron chi connectivity index (χ0n) is 23.8. The molecule has 1 aliphatic rings. The largest absolute Gasteiger partial charge is 0.444 e. The summed E-state index contributed by atoms with van der Waals surface area (Å²) in [5.41, 5.74) is 7.13. The van der Waals surface area contributed by atoms with Crippen LogP contribution in [0.3, 0.4) is 0 Å². The van der Waals surface area contributed by atoms with Crippen LogP contribution in [0.5, 0.6) is 0 Å². The Bertz CT molecular complexity index is 1350. The molecule has 4 rings (SSSR count). The molecule has 0 aliphatic heterocycles. The summed E-state index contributed by atoms with van der Waals surface area (Å²) in [6.45, 7) is 11.0. The summed E-state index contributed by atoms with van der Waals surface area (Å²) in [7, 11) is 1.84. The van der Waals surface area contributed by atoms with Crippen molar-refractivity contribution < 1.29 is 19.1 Å². The van der Waals surface area contributed by atoms with E-state index in [0.717, 1.165) is 16.6 Å². The number of aromatic nitrogens is 4. The third-order valence-corrected chi connectivity index (χ3v) is 6.35. The Labute approximate surface area is 229 Å². The molecule has 0 bridgehead atoms. The van der Waals surface area contributed by atoms with Crippen molar-refractivity contribution in [2.24, 2.45) is 7.05 Å². The van der Waals surface area contributed by atoms with Crippen molar-refractivity contribution in [1.82, 2.24) is 25.1 Å². The molecule has 210 valence electrons. The normalized spacial score (nSPS) is 18.0. The number of alkyl carbamates (subject to hydrolysis) is 1. The third kappa shape index (κ3) is 7.15. The number of nitrogens with two attached hydrogens (primary N) is 1. The summed E-state index contributed by atoms with van der Waals surface area (Å²) in [4.78, 5) is 36.5. The molecular formula is C28H39N7O4. The van der Waals surface area contributed by atoms with Crippen molar-refractivity contribution in [3.8, 4) is 11.3 Å². The fourth-order valence-corrected chi connectivity index (χ4v) is 4.72. The van der Waals surface area contributed by atoms with Gasteiger partial charge in [0.2, 0.25) is 5.95 Å². The standard InChI is InChI=1S/C28H39N7O4/c1-27(2,3)38-25(36)31-19-9-11-20(12-10-19)35(26(37)39-28(4,5)6)24-30-16-18-14-17(8-13-21(18)32-24)22-15-23(29)33-34(22)7/h8,13-16,19-20H,9-12H2,1-7H3,(H2,29,33)(H,31,36)/t19-,20-. The maximum Gasteiger partial charge on any atom is 0.417 e. The number of hydrogen-bond acceptors (Lipinski definition) is 8. The number of hydrogen-bond donors (Lipinski definition) is 2. The first-order chi connectivity index (χ1) is 18.2. The SMILES string of the molecule is Cn1nc(N)cc1-c1ccc2nc(N(C(=O)OC(C)(C)C)[C@H]3CC[C@H](NC(=O)OC(C)(C)C)CC3)ncc2c1. The summed E-state index contributed by atoms with van der Waals surface area (Å²) in [6.07, 6.45) is 3.48. The zero-order chi connectivity index (χ0) is 28.5. The molecule has 1 saturated carbocycles. The number of carbonyl (C=O) groups excluding carboxylic acids is 2. The van der Waals surface area contributed by atoms with Crippen LogP contribution in [0, 0.1) is 0 Å². The van der Waals surface area contributed by atoms with Crippen LogP contribution in [-0.4, -0.2) is 55.2 Å². The Kier molecular flexibility index (Phi) is 7.72. The fraction of sp³-hybridized carbons (Fsp3) is 0.536. The zero-order valence-corrected chi connectivity index (χ0v) is 23.8. The quantitative estimate of drug-likeness (QED) is 0.464. The van der Waals surface area contributed by atoms with Gasteiger partial charge in [0.25, 0.3) is 0 Å². The molecular weight excluding hydrogens is 498 g/mol. The number of carbonyl (C=O) groups is 2. The smallest absolute Gasteiger partial charge is 0.417 e. The highest BCUT2D eigenvalue weighted by molar-refractivity contribution is 5.89. The van der Waals surface area contributed by atoms with E-state index >= 15 is 0 Å². The van der Waals surface area contributed by atoms with E-state index in [-0.39, 0.29) is 18.0 Å². The van der Waals surface area contributed by atoms with Gasteiger partial charge in [-0.1, -0.05) is 6.07 Å². The van der Waals surface area contributed by atoms with Crippen LogP contribution < -0.4 is 16.0 Å². The maximum atomic E-state index is 13.4. The molecule has 2 aromatic heterocycles. The minimum Gasteiger partial charge on any atom is -0.444 e. The number of nitrogens with zero attached hydrogens (tertiary/aromatic N) is 5. The molecule has 3 N–H and O–H groups in total. The van der Waals surface area contributed by atoms with Gasteiger partial charge in [-0.3, -0.25) is 4.68 Å². The van der Waals surface area contributed by atoms with Crippen molar-refractivity contribution in [2.45, 2.75) is 90.5 Å². The molecule has 3 aromatic rings. The second-order valence-electron chi connectivity index (χ2n) is 12.0. The van der Waals surface area contributed by atoms with Gasteiger partial charge >= 0.3 is 12.2 Å². The second kappa shape index (κ2) is 10.7. The number of nitrogen functional groups attached to an aromatic ring is 1. The number of fused-ring (bicyclic) bond motifs is 1. The van der Waals surface area contributed by atoms with Crippen LogP contribution in [0.15, 0.2) is 30.5 Å². The topological polar surface area (TPSA) is 137 Å². The van der Waals surface area contributed by atoms with E-state index in [1.54, 1.807) is 15.8 Å². The Morgan fingerprint density at radius 2 is 1.69 bits per heavy atom. The van der Waals surface area contributed by atoms with Crippen LogP contribution >= 0.6 is 0 Å². The molecule has 0 saturated heterocycles. The van der Waals surface area contributed by atoms with Crippen LogP contribution in [0.25, 0.3) is 22.2 Å². The van der Waals surface area contributed by atoms with Crippen molar-refractivity contribution in [3.05, 3.63) is 30.5 Å². The van der Waals surface area contributed by atoms with Crippen molar-refractivity contribution in [1.29, 1.82) is 0 Å². The number of amides is 2. The number of rotatable bonds is 4. The average Bonchev–Trinajstić information content (AvgIpc) is 3.15. The number of aryl methyl sites for hydroxylation is 1. The van der Waals surface area contributed by atoms with E-state index in [4.69, 9.17) is 20.2 Å². The van der Waals surface area contributed by atoms with Crippen LogP contribution in [0.2, 0.25) is 0 Å². The van der Waals surface area contributed by atoms with Gasteiger partial charge in [-0.05, 0) is 79.4 Å². The lowest BCUT2D eigenvalue weighted by Gasteiger charge is -2.36. The first kappa shape index (κ1) is 28.1. The number of nitrogens with one attached hydrogen (secondary N) is 1. The molecule has 39 heavy (non-hydrogen) atoms. The van der Waals surface area contributed by atoms with Gasteiger partial charge in [0.05, 0.1) is 11.2 Å². The molecule has 1 aliphatic carbocycles. The van der Waals surface area contributed by atoms with Crippen molar-refractivity contribution in [3.63, 3.8) is 0 Å². The number of benzene rings is 1. The second-order valence-corrected chi connectivity index (χ2v) is 12.0. The summed E-state index contributed by atoms with van der Waals surface area (Å²) in [5.74, 6) is 0.737. The van der Waals surface area contributed by atoms with Crippen molar-refractivity contribution in [2.75, 3.05) is 10.6 Å². The van der Waals surface area contributed by atoms with Gasteiger partial charge < -0.3 is 20.5 Å². The van der Waals surface area contributed by atoms with E-state index < -0.39 is 23.4 Å². The summed E-state index contributed by atoms with van der Waals surface area (Å²) in [5, 5.41) is 7.99. The van der Waals surface area contributed by atoms with Crippen LogP contribution in [0.4, 0.5) is 21.4 Å². The first-order valence-corrected chi connectivity index (χ1v) is 13.3. The van der Waals surface area contributed by atoms with Gasteiger partial charge in [-0.15, -0.1) is 0 Å². The summed E-state index contributed by atoms with van der Waals surface area (Å²) in [6, 6.07) is 7.42. The summed E-state index contributed by atoms with van der Waals surface area (Å²) < 4.78 is 12.9. The molecule has 11 nitrogen and oxygen atoms in total. The molecule has 0 spiro atoms.